The number of hydrogen-bond acceptors (Lipinski definition) is 4. The quantitative estimate of drug-likeness (QED) is 0.174. The lowest BCUT2D eigenvalue weighted by molar-refractivity contribution is 0.555. The molecule has 62 heavy (non-hydrogen) atoms. The molecule has 0 bridgehead atoms. The van der Waals surface area contributed by atoms with Crippen LogP contribution < -0.4 is 0 Å². The minimum absolute atomic E-state index is 0.0197. The number of benzene rings is 9. The molecule has 0 N–H and O–H groups in total. The van der Waals surface area contributed by atoms with Gasteiger partial charge in [0.1, 0.15) is 11.2 Å². The predicted molar refractivity (Wildman–Crippen MR) is 263 cm³/mol. The molecule has 0 fully saturated rings. The third-order valence-corrected chi connectivity index (χ3v) is 14.3. The standard InChI is InChI=1S/C57H39N3OS/c1-34-23-27-48(36-14-3-2-4-15-36)58-57(39-25-28-53-46(30-39)43-20-10-12-22-52(43)62-53)59-55(34)47-32-40(33-51-54(47)44-26-24-35-13-7-8-18-41(35)56(44)61-51)60-49-21-11-9-19-42(49)45-29-37-16-5-6-17-38(37)31-50(45)60/h2-22,24-26,28-34,48H,23,27H2,1H3/t34-,48?/m1/s1. The Morgan fingerprint density at radius 1 is 0.548 bits per heavy atom. The maximum atomic E-state index is 7.09. The van der Waals surface area contributed by atoms with Gasteiger partial charge in [-0.3, -0.25) is 4.99 Å². The van der Waals surface area contributed by atoms with Gasteiger partial charge in [-0.25, -0.2) is 4.99 Å². The number of aromatic nitrogens is 1. The molecule has 0 saturated heterocycles. The SMILES string of the molecule is C[C@@H]1CCC(c2ccccc2)N=C(c2ccc3sc4ccccc4c3c2)N=C1c1cc(-n2c3ccccc3c3cc4ccccc4cc32)cc2oc3c4ccccc4ccc3c12. The molecule has 9 aromatic carbocycles. The summed E-state index contributed by atoms with van der Waals surface area (Å²) < 4.78 is 12.1. The molecule has 13 rings (SSSR count). The highest BCUT2D eigenvalue weighted by molar-refractivity contribution is 7.25. The van der Waals surface area contributed by atoms with Crippen LogP contribution in [-0.2, 0) is 0 Å². The van der Waals surface area contributed by atoms with E-state index in [2.05, 4.69) is 193 Å². The maximum absolute atomic E-state index is 7.09. The van der Waals surface area contributed by atoms with E-state index in [-0.39, 0.29) is 12.0 Å². The third-order valence-electron chi connectivity index (χ3n) is 13.2. The van der Waals surface area contributed by atoms with Crippen LogP contribution in [0.3, 0.4) is 0 Å². The Hall–Kier alpha value is -7.34. The van der Waals surface area contributed by atoms with Crippen molar-refractivity contribution in [3.63, 3.8) is 0 Å². The van der Waals surface area contributed by atoms with Crippen LogP contribution in [0.15, 0.2) is 196 Å². The molecule has 0 amide bonds. The normalized spacial score (nSPS) is 16.2. The van der Waals surface area contributed by atoms with Crippen LogP contribution in [0.2, 0.25) is 0 Å². The maximum Gasteiger partial charge on any atom is 0.155 e. The van der Waals surface area contributed by atoms with Crippen molar-refractivity contribution in [1.29, 1.82) is 0 Å². The fourth-order valence-electron chi connectivity index (χ4n) is 10.1. The molecule has 4 nitrogen and oxygen atoms in total. The van der Waals surface area contributed by atoms with Gasteiger partial charge in [-0.1, -0.05) is 128 Å². The Morgan fingerprint density at radius 3 is 2.15 bits per heavy atom. The average molecular weight is 814 g/mol. The Bertz CT molecular complexity index is 3850. The van der Waals surface area contributed by atoms with E-state index in [0.717, 1.165) is 84.9 Å². The van der Waals surface area contributed by atoms with Gasteiger partial charge in [0.2, 0.25) is 0 Å². The minimum Gasteiger partial charge on any atom is -0.455 e. The highest BCUT2D eigenvalue weighted by Crippen LogP contribution is 2.42. The second kappa shape index (κ2) is 13.8. The minimum atomic E-state index is -0.0197. The lowest BCUT2D eigenvalue weighted by atomic mass is 9.87. The first-order chi connectivity index (χ1) is 30.6. The second-order valence-corrected chi connectivity index (χ2v) is 17.9. The smallest absolute Gasteiger partial charge is 0.155 e. The van der Waals surface area contributed by atoms with Crippen LogP contribution in [-0.4, -0.2) is 16.1 Å². The van der Waals surface area contributed by atoms with Gasteiger partial charge in [-0.05, 0) is 95.1 Å². The number of fused-ring (bicyclic) bond motifs is 12. The van der Waals surface area contributed by atoms with Gasteiger partial charge in [0.15, 0.2) is 5.84 Å². The van der Waals surface area contributed by atoms with Gasteiger partial charge < -0.3 is 8.98 Å². The first-order valence-electron chi connectivity index (χ1n) is 21.6. The number of furan rings is 1. The highest BCUT2D eigenvalue weighted by Gasteiger charge is 2.27. The third kappa shape index (κ3) is 5.51. The number of rotatable bonds is 4. The highest BCUT2D eigenvalue weighted by atomic mass is 32.1. The predicted octanol–water partition coefficient (Wildman–Crippen LogP) is 15.8. The fraction of sp³-hybridized carbons (Fsp3) is 0.0877. The summed E-state index contributed by atoms with van der Waals surface area (Å²) in [4.78, 5) is 11.4. The van der Waals surface area contributed by atoms with Crippen molar-refractivity contribution < 1.29 is 4.42 Å². The molecule has 0 aliphatic carbocycles. The molecule has 1 unspecified atom stereocenters. The Kier molecular flexibility index (Phi) is 7.91. The molecule has 5 heteroatoms. The van der Waals surface area contributed by atoms with E-state index >= 15 is 0 Å². The number of thiophene rings is 1. The topological polar surface area (TPSA) is 42.8 Å². The first-order valence-corrected chi connectivity index (χ1v) is 22.4. The molecule has 12 aromatic rings. The van der Waals surface area contributed by atoms with Gasteiger partial charge >= 0.3 is 0 Å². The number of aliphatic imine (C=N–C) groups is 2. The van der Waals surface area contributed by atoms with Gasteiger partial charge in [0.05, 0.1) is 28.5 Å². The van der Waals surface area contributed by atoms with E-state index < -0.39 is 0 Å². The molecule has 3 aromatic heterocycles. The molecule has 2 atom stereocenters. The summed E-state index contributed by atoms with van der Waals surface area (Å²) in [6, 6.07) is 66.0. The molecule has 1 aliphatic heterocycles. The molecule has 0 radical (unpaired) electrons. The lowest BCUT2D eigenvalue weighted by Crippen LogP contribution is -2.20. The van der Waals surface area contributed by atoms with Crippen molar-refractivity contribution >= 4 is 108 Å². The fourth-order valence-corrected chi connectivity index (χ4v) is 11.2. The van der Waals surface area contributed by atoms with Gasteiger partial charge in [0.25, 0.3) is 0 Å². The zero-order valence-electron chi connectivity index (χ0n) is 34.0. The largest absolute Gasteiger partial charge is 0.455 e. The summed E-state index contributed by atoms with van der Waals surface area (Å²) >= 11 is 1.84. The van der Waals surface area contributed by atoms with Crippen molar-refractivity contribution in [1.82, 2.24) is 4.57 Å². The molecule has 294 valence electrons. The van der Waals surface area contributed by atoms with Crippen LogP contribution in [0.1, 0.15) is 42.5 Å². The molecule has 0 spiro atoms. The van der Waals surface area contributed by atoms with E-state index in [4.69, 9.17) is 14.4 Å². The number of hydrogen-bond donors (Lipinski definition) is 0. The summed E-state index contributed by atoms with van der Waals surface area (Å²) in [5, 5.41) is 11.8. The number of nitrogens with zero attached hydrogens (tertiary/aromatic N) is 3. The Labute approximate surface area is 361 Å². The van der Waals surface area contributed by atoms with Crippen LogP contribution >= 0.6 is 11.3 Å². The van der Waals surface area contributed by atoms with Crippen molar-refractivity contribution in [3.05, 3.63) is 199 Å². The van der Waals surface area contributed by atoms with Crippen molar-refractivity contribution in [3.8, 4) is 5.69 Å². The zero-order chi connectivity index (χ0) is 40.9. The van der Waals surface area contributed by atoms with E-state index in [1.807, 2.05) is 11.3 Å². The molecule has 1 aliphatic rings. The summed E-state index contributed by atoms with van der Waals surface area (Å²) in [5.41, 5.74) is 9.46. The summed E-state index contributed by atoms with van der Waals surface area (Å²) in [5.74, 6) is 0.876. The summed E-state index contributed by atoms with van der Waals surface area (Å²) in [7, 11) is 0. The van der Waals surface area contributed by atoms with Crippen LogP contribution in [0.4, 0.5) is 0 Å². The summed E-state index contributed by atoms with van der Waals surface area (Å²) in [6.45, 7) is 2.35. The summed E-state index contributed by atoms with van der Waals surface area (Å²) in [6.07, 6.45) is 1.83. The number of amidine groups is 1. The zero-order valence-corrected chi connectivity index (χ0v) is 34.9. The molecular weight excluding hydrogens is 775 g/mol. The molecule has 0 saturated carbocycles. The van der Waals surface area contributed by atoms with E-state index in [0.29, 0.717) is 0 Å². The molecule has 4 heterocycles. The van der Waals surface area contributed by atoms with Crippen LogP contribution in [0.25, 0.3) is 91.1 Å². The average Bonchev–Trinajstić information content (AvgIpc) is 3.99. The van der Waals surface area contributed by atoms with Crippen molar-refractivity contribution in [2.45, 2.75) is 25.8 Å². The van der Waals surface area contributed by atoms with E-state index in [1.54, 1.807) is 0 Å². The second-order valence-electron chi connectivity index (χ2n) is 16.9. The number of para-hydroxylation sites is 1. The van der Waals surface area contributed by atoms with Gasteiger partial charge in [-0.15, -0.1) is 11.3 Å². The van der Waals surface area contributed by atoms with Gasteiger partial charge in [0, 0.05) is 64.3 Å². The first kappa shape index (κ1) is 35.4. The van der Waals surface area contributed by atoms with Crippen molar-refractivity contribution in [2.24, 2.45) is 15.9 Å². The van der Waals surface area contributed by atoms with Crippen molar-refractivity contribution in [2.75, 3.05) is 0 Å². The van der Waals surface area contributed by atoms with E-state index in [9.17, 15) is 0 Å². The Balaban J connectivity index is 1.12. The molecular formula is C57H39N3OS. The monoisotopic (exact) mass is 813 g/mol. The van der Waals surface area contributed by atoms with Crippen LogP contribution in [0, 0.1) is 5.92 Å². The Morgan fingerprint density at radius 2 is 1.27 bits per heavy atom. The van der Waals surface area contributed by atoms with E-state index in [1.165, 1.54) is 47.3 Å². The van der Waals surface area contributed by atoms with Crippen LogP contribution in [0.5, 0.6) is 0 Å². The van der Waals surface area contributed by atoms with Gasteiger partial charge in [-0.2, -0.15) is 0 Å². The lowest BCUT2D eigenvalue weighted by Gasteiger charge is -2.24.